The highest BCUT2D eigenvalue weighted by molar-refractivity contribution is 7.87. The summed E-state index contributed by atoms with van der Waals surface area (Å²) in [6, 6.07) is 13.2. The maximum atomic E-state index is 12.3. The van der Waals surface area contributed by atoms with Gasteiger partial charge in [-0.3, -0.25) is 4.79 Å². The van der Waals surface area contributed by atoms with Gasteiger partial charge >= 0.3 is 16.1 Å². The first-order chi connectivity index (χ1) is 13.2. The summed E-state index contributed by atoms with van der Waals surface area (Å²) >= 11 is 0. The molecule has 0 fully saturated rings. The van der Waals surface area contributed by atoms with Crippen LogP contribution in [-0.4, -0.2) is 27.0 Å². The minimum absolute atomic E-state index is 0.0469. The van der Waals surface area contributed by atoms with Crippen LogP contribution in [-0.2, 0) is 26.1 Å². The van der Waals surface area contributed by atoms with Crippen LogP contribution < -0.4 is 9.92 Å². The molecule has 7 heteroatoms. The summed E-state index contributed by atoms with van der Waals surface area (Å²) in [6.07, 6.45) is 0.682. The van der Waals surface area contributed by atoms with Crippen molar-refractivity contribution in [1.29, 1.82) is 0 Å². The van der Waals surface area contributed by atoms with Gasteiger partial charge in [0, 0.05) is 6.42 Å². The van der Waals surface area contributed by atoms with Crippen molar-refractivity contribution in [3.63, 3.8) is 0 Å². The molecule has 6 nitrogen and oxygen atoms in total. The lowest BCUT2D eigenvalue weighted by Crippen LogP contribution is -2.23. The molecule has 0 amide bonds. The molecule has 0 aliphatic heterocycles. The molecule has 0 aliphatic carbocycles. The van der Waals surface area contributed by atoms with Crippen molar-refractivity contribution in [3.8, 4) is 5.75 Å². The Kier molecular flexibility index (Phi) is 7.60. The zero-order chi connectivity index (χ0) is 20.7. The van der Waals surface area contributed by atoms with Gasteiger partial charge in [-0.2, -0.15) is 8.42 Å². The molecule has 1 atom stereocenters. The highest BCUT2D eigenvalue weighted by Gasteiger charge is 2.18. The number of esters is 1. The second kappa shape index (κ2) is 9.71. The lowest BCUT2D eigenvalue weighted by molar-refractivity contribution is -0.148. The third kappa shape index (κ3) is 6.65. The Morgan fingerprint density at radius 3 is 2.18 bits per heavy atom. The van der Waals surface area contributed by atoms with Gasteiger partial charge in [-0.05, 0) is 69.5 Å². The number of benzene rings is 2. The van der Waals surface area contributed by atoms with Crippen LogP contribution in [0.15, 0.2) is 53.4 Å². The van der Waals surface area contributed by atoms with E-state index in [2.05, 4.69) is 0 Å². The van der Waals surface area contributed by atoms with Crippen molar-refractivity contribution in [2.75, 3.05) is 6.54 Å². The molecule has 2 rings (SSSR count). The molecule has 1 unspecified atom stereocenters. The normalized spacial score (nSPS) is 12.6. The smallest absolute Gasteiger partial charge is 0.339 e. The average Bonchev–Trinajstić information content (AvgIpc) is 2.62. The molecule has 152 valence electrons. The summed E-state index contributed by atoms with van der Waals surface area (Å²) in [5.41, 5.74) is 7.68. The zero-order valence-electron chi connectivity index (χ0n) is 16.4. The highest BCUT2D eigenvalue weighted by atomic mass is 32.2. The van der Waals surface area contributed by atoms with Crippen LogP contribution in [0, 0.1) is 12.8 Å². The monoisotopic (exact) mass is 405 g/mol. The SMILES string of the molecule is Cc1ccc(S(=O)(=O)Oc2ccc(CC(CN)CC(=O)OC(C)C)cc2)cc1. The van der Waals surface area contributed by atoms with Crippen LogP contribution in [0.1, 0.15) is 31.4 Å². The summed E-state index contributed by atoms with van der Waals surface area (Å²) < 4.78 is 35.0. The van der Waals surface area contributed by atoms with E-state index in [1.54, 1.807) is 50.2 Å². The summed E-state index contributed by atoms with van der Waals surface area (Å²) in [6.45, 7) is 5.85. The number of ether oxygens (including phenoxy) is 1. The largest absolute Gasteiger partial charge is 0.463 e. The van der Waals surface area contributed by atoms with Gasteiger partial charge in [0.25, 0.3) is 0 Å². The Labute approximate surface area is 166 Å². The minimum atomic E-state index is -3.88. The number of hydrogen-bond acceptors (Lipinski definition) is 6. The van der Waals surface area contributed by atoms with E-state index in [1.807, 2.05) is 6.92 Å². The maximum absolute atomic E-state index is 12.3. The second-order valence-corrected chi connectivity index (χ2v) is 8.59. The number of hydrogen-bond donors (Lipinski definition) is 1. The second-order valence-electron chi connectivity index (χ2n) is 7.04. The van der Waals surface area contributed by atoms with Crippen LogP contribution in [0.2, 0.25) is 0 Å². The Morgan fingerprint density at radius 2 is 1.64 bits per heavy atom. The molecule has 2 N–H and O–H groups in total. The lowest BCUT2D eigenvalue weighted by atomic mass is 9.96. The van der Waals surface area contributed by atoms with Crippen molar-refractivity contribution in [1.82, 2.24) is 0 Å². The molecule has 0 saturated carbocycles. The first-order valence-electron chi connectivity index (χ1n) is 9.19. The Bertz CT molecular complexity index is 874. The van der Waals surface area contributed by atoms with Crippen molar-refractivity contribution >= 4 is 16.1 Å². The first kappa shape index (κ1) is 21.9. The Balaban J connectivity index is 2.00. The topological polar surface area (TPSA) is 95.7 Å². The highest BCUT2D eigenvalue weighted by Crippen LogP contribution is 2.21. The minimum Gasteiger partial charge on any atom is -0.463 e. The van der Waals surface area contributed by atoms with E-state index in [9.17, 15) is 13.2 Å². The van der Waals surface area contributed by atoms with Crippen molar-refractivity contribution in [3.05, 3.63) is 59.7 Å². The van der Waals surface area contributed by atoms with Gasteiger partial charge in [-0.15, -0.1) is 0 Å². The van der Waals surface area contributed by atoms with Gasteiger partial charge in [0.2, 0.25) is 0 Å². The van der Waals surface area contributed by atoms with Crippen LogP contribution in [0.5, 0.6) is 5.75 Å². The quantitative estimate of drug-likeness (QED) is 0.508. The standard InChI is InChI=1S/C21H27NO5S/c1-15(2)26-21(23)13-18(14-22)12-17-6-8-19(9-7-17)27-28(24,25)20-10-4-16(3)5-11-20/h4-11,15,18H,12-14,22H2,1-3H3. The van der Waals surface area contributed by atoms with Gasteiger partial charge in [0.1, 0.15) is 10.6 Å². The van der Waals surface area contributed by atoms with E-state index >= 15 is 0 Å². The van der Waals surface area contributed by atoms with Crippen molar-refractivity contribution in [2.45, 2.75) is 44.6 Å². The van der Waals surface area contributed by atoms with Crippen LogP contribution in [0.3, 0.4) is 0 Å². The van der Waals surface area contributed by atoms with E-state index in [4.69, 9.17) is 14.7 Å². The molecule has 0 bridgehead atoms. The molecule has 0 spiro atoms. The first-order valence-corrected chi connectivity index (χ1v) is 10.6. The maximum Gasteiger partial charge on any atom is 0.339 e. The van der Waals surface area contributed by atoms with Gasteiger partial charge in [0.05, 0.1) is 6.10 Å². The fourth-order valence-corrected chi connectivity index (χ4v) is 3.61. The number of carbonyl (C=O) groups is 1. The van der Waals surface area contributed by atoms with Crippen LogP contribution >= 0.6 is 0 Å². The van der Waals surface area contributed by atoms with E-state index < -0.39 is 10.1 Å². The summed E-state index contributed by atoms with van der Waals surface area (Å²) in [4.78, 5) is 11.9. The fourth-order valence-electron chi connectivity index (χ4n) is 2.68. The summed E-state index contributed by atoms with van der Waals surface area (Å²) in [5, 5.41) is 0. The number of carbonyl (C=O) groups excluding carboxylic acids is 1. The molecule has 0 saturated heterocycles. The molecule has 0 heterocycles. The molecule has 2 aromatic rings. The van der Waals surface area contributed by atoms with E-state index in [0.29, 0.717) is 13.0 Å². The molecule has 2 aromatic carbocycles. The molecule has 0 radical (unpaired) electrons. The molecule has 28 heavy (non-hydrogen) atoms. The number of nitrogens with two attached hydrogens (primary N) is 1. The molecular formula is C21H27NO5S. The lowest BCUT2D eigenvalue weighted by Gasteiger charge is -2.16. The van der Waals surface area contributed by atoms with E-state index in [0.717, 1.165) is 11.1 Å². The molecule has 0 aromatic heterocycles. The third-order valence-corrected chi connectivity index (χ3v) is 5.38. The summed E-state index contributed by atoms with van der Waals surface area (Å²) in [5.74, 6) is -0.0863. The van der Waals surface area contributed by atoms with Crippen molar-refractivity contribution in [2.24, 2.45) is 11.7 Å². The fraction of sp³-hybridized carbons (Fsp3) is 0.381. The Morgan fingerprint density at radius 1 is 1.04 bits per heavy atom. The average molecular weight is 406 g/mol. The van der Waals surface area contributed by atoms with E-state index in [1.165, 1.54) is 12.1 Å². The van der Waals surface area contributed by atoms with Crippen molar-refractivity contribution < 1.29 is 22.1 Å². The predicted octanol–water partition coefficient (Wildman–Crippen LogP) is 3.22. The summed E-state index contributed by atoms with van der Waals surface area (Å²) in [7, 11) is -3.88. The molecular weight excluding hydrogens is 378 g/mol. The predicted molar refractivity (Wildman–Crippen MR) is 108 cm³/mol. The number of rotatable bonds is 9. The Hall–Kier alpha value is -2.38. The van der Waals surface area contributed by atoms with Gasteiger partial charge in [-0.25, -0.2) is 0 Å². The third-order valence-electron chi connectivity index (χ3n) is 4.12. The number of aryl methyl sites for hydroxylation is 1. The van der Waals surface area contributed by atoms with Gasteiger partial charge < -0.3 is 14.7 Å². The van der Waals surface area contributed by atoms with E-state index in [-0.39, 0.29) is 35.1 Å². The zero-order valence-corrected chi connectivity index (χ0v) is 17.2. The van der Waals surface area contributed by atoms with Crippen LogP contribution in [0.4, 0.5) is 0 Å². The van der Waals surface area contributed by atoms with Gasteiger partial charge in [-0.1, -0.05) is 29.8 Å². The van der Waals surface area contributed by atoms with Gasteiger partial charge in [0.15, 0.2) is 0 Å². The molecule has 0 aliphatic rings. The van der Waals surface area contributed by atoms with Crippen LogP contribution in [0.25, 0.3) is 0 Å².